The molecule has 0 aromatic heterocycles. The minimum atomic E-state index is -1.15. The summed E-state index contributed by atoms with van der Waals surface area (Å²) in [6, 6.07) is 0. The zero-order valence-electron chi connectivity index (χ0n) is 10.2. The van der Waals surface area contributed by atoms with Gasteiger partial charge in [0, 0.05) is 25.0 Å². The second-order valence-corrected chi connectivity index (χ2v) is 4.67. The smallest absolute Gasteiger partial charge is 0.229 e. The number of aliphatic carboxylic acids is 1. The molecule has 0 unspecified atom stereocenters. The maximum atomic E-state index is 12.3. The van der Waals surface area contributed by atoms with Crippen LogP contribution in [0.15, 0.2) is 0 Å². The fourth-order valence-electron chi connectivity index (χ4n) is 3.04. The third kappa shape index (κ3) is 1.92. The molecule has 5 heteroatoms. The van der Waals surface area contributed by atoms with Gasteiger partial charge in [-0.25, -0.2) is 0 Å². The SMILES string of the molecule is CCN(CC)C(=O)[C@H]1[C@@H](C(=O)[O-])[C@@H]2CC[C@H]1O2. The first-order valence-corrected chi connectivity index (χ1v) is 6.25. The molecule has 2 aliphatic rings. The predicted octanol–water partition coefficient (Wildman–Crippen LogP) is -0.602. The lowest BCUT2D eigenvalue weighted by Gasteiger charge is -2.31. The first-order valence-electron chi connectivity index (χ1n) is 6.25. The van der Waals surface area contributed by atoms with Gasteiger partial charge in [0.15, 0.2) is 0 Å². The van der Waals surface area contributed by atoms with E-state index >= 15 is 0 Å². The van der Waals surface area contributed by atoms with E-state index < -0.39 is 17.8 Å². The van der Waals surface area contributed by atoms with E-state index in [-0.39, 0.29) is 18.1 Å². The highest BCUT2D eigenvalue weighted by molar-refractivity contribution is 5.86. The lowest BCUT2D eigenvalue weighted by molar-refractivity contribution is -0.314. The van der Waals surface area contributed by atoms with Crippen molar-refractivity contribution in [3.05, 3.63) is 0 Å². The summed E-state index contributed by atoms with van der Waals surface area (Å²) in [4.78, 5) is 25.1. The average Bonchev–Trinajstić information content (AvgIpc) is 2.89. The van der Waals surface area contributed by atoms with Crippen LogP contribution in [-0.2, 0) is 14.3 Å². The van der Waals surface area contributed by atoms with Gasteiger partial charge < -0.3 is 19.5 Å². The quantitative estimate of drug-likeness (QED) is 0.658. The second-order valence-electron chi connectivity index (χ2n) is 4.67. The Kier molecular flexibility index (Phi) is 3.38. The number of carbonyl (C=O) groups is 2. The lowest BCUT2D eigenvalue weighted by atomic mass is 9.78. The summed E-state index contributed by atoms with van der Waals surface area (Å²) in [5, 5.41) is 11.1. The number of hydrogen-bond acceptors (Lipinski definition) is 4. The molecule has 1 amide bonds. The third-order valence-electron chi connectivity index (χ3n) is 3.91. The summed E-state index contributed by atoms with van der Waals surface area (Å²) in [6.45, 7) is 4.99. The number of amides is 1. The third-order valence-corrected chi connectivity index (χ3v) is 3.91. The highest BCUT2D eigenvalue weighted by atomic mass is 16.5. The number of fused-ring (bicyclic) bond motifs is 2. The number of nitrogens with zero attached hydrogens (tertiary/aromatic N) is 1. The Hall–Kier alpha value is -1.10. The number of carbonyl (C=O) groups excluding carboxylic acids is 2. The van der Waals surface area contributed by atoms with Crippen LogP contribution in [-0.4, -0.2) is 42.1 Å². The number of carboxylic acids is 1. The van der Waals surface area contributed by atoms with Crippen molar-refractivity contribution in [2.45, 2.75) is 38.9 Å². The Labute approximate surface area is 101 Å². The first-order chi connectivity index (χ1) is 8.10. The van der Waals surface area contributed by atoms with Gasteiger partial charge in [-0.3, -0.25) is 4.79 Å². The van der Waals surface area contributed by atoms with Gasteiger partial charge in [0.2, 0.25) is 5.91 Å². The van der Waals surface area contributed by atoms with Gasteiger partial charge in [-0.2, -0.15) is 0 Å². The van der Waals surface area contributed by atoms with Crippen LogP contribution in [0.4, 0.5) is 0 Å². The van der Waals surface area contributed by atoms with E-state index in [1.54, 1.807) is 4.90 Å². The van der Waals surface area contributed by atoms with Crippen molar-refractivity contribution >= 4 is 11.9 Å². The summed E-state index contributed by atoms with van der Waals surface area (Å²) in [6.07, 6.45) is 0.961. The molecule has 5 nitrogen and oxygen atoms in total. The maximum absolute atomic E-state index is 12.3. The molecule has 0 radical (unpaired) electrons. The van der Waals surface area contributed by atoms with Crippen LogP contribution in [0.2, 0.25) is 0 Å². The number of carboxylic acid groups (broad SMARTS) is 1. The van der Waals surface area contributed by atoms with E-state index in [9.17, 15) is 14.7 Å². The molecule has 4 atom stereocenters. The molecular formula is C12H18NO4-. The van der Waals surface area contributed by atoms with Gasteiger partial charge in [-0.05, 0) is 26.7 Å². The number of hydrogen-bond donors (Lipinski definition) is 0. The molecule has 0 aliphatic carbocycles. The van der Waals surface area contributed by atoms with Crippen LogP contribution in [0.3, 0.4) is 0 Å². The van der Waals surface area contributed by atoms with Gasteiger partial charge in [0.25, 0.3) is 0 Å². The second kappa shape index (κ2) is 4.64. The molecule has 2 rings (SSSR count). The summed E-state index contributed by atoms with van der Waals surface area (Å²) >= 11 is 0. The molecule has 0 N–H and O–H groups in total. The summed E-state index contributed by atoms with van der Waals surface area (Å²) in [5.74, 6) is -2.56. The van der Waals surface area contributed by atoms with Gasteiger partial charge in [0.1, 0.15) is 0 Å². The molecule has 17 heavy (non-hydrogen) atoms. The van der Waals surface area contributed by atoms with E-state index in [0.717, 1.165) is 12.8 Å². The minimum Gasteiger partial charge on any atom is -0.550 e. The Balaban J connectivity index is 2.18. The number of ether oxygens (including phenoxy) is 1. The van der Waals surface area contributed by atoms with Crippen LogP contribution >= 0.6 is 0 Å². The van der Waals surface area contributed by atoms with Gasteiger partial charge in [-0.15, -0.1) is 0 Å². The lowest BCUT2D eigenvalue weighted by Crippen LogP contribution is -2.49. The van der Waals surface area contributed by atoms with Crippen molar-refractivity contribution in [1.29, 1.82) is 0 Å². The molecule has 0 saturated carbocycles. The topological polar surface area (TPSA) is 69.7 Å². The van der Waals surface area contributed by atoms with Crippen molar-refractivity contribution in [2.24, 2.45) is 11.8 Å². The first kappa shape index (κ1) is 12.4. The molecule has 2 aliphatic heterocycles. The molecule has 2 saturated heterocycles. The molecule has 0 aromatic rings. The van der Waals surface area contributed by atoms with Crippen LogP contribution in [0.25, 0.3) is 0 Å². The van der Waals surface area contributed by atoms with Crippen molar-refractivity contribution in [3.63, 3.8) is 0 Å². The van der Waals surface area contributed by atoms with Crippen LogP contribution in [0.5, 0.6) is 0 Å². The van der Waals surface area contributed by atoms with Crippen LogP contribution < -0.4 is 5.11 Å². The molecule has 2 fully saturated rings. The van der Waals surface area contributed by atoms with E-state index in [1.807, 2.05) is 13.8 Å². The summed E-state index contributed by atoms with van der Waals surface area (Å²) < 4.78 is 5.55. The fraction of sp³-hybridized carbons (Fsp3) is 0.833. The van der Waals surface area contributed by atoms with Gasteiger partial charge in [0.05, 0.1) is 18.1 Å². The predicted molar refractivity (Wildman–Crippen MR) is 57.8 cm³/mol. The molecule has 0 aromatic carbocycles. The summed E-state index contributed by atoms with van der Waals surface area (Å²) in [7, 11) is 0. The van der Waals surface area contributed by atoms with E-state index in [4.69, 9.17) is 4.74 Å². The van der Waals surface area contributed by atoms with E-state index in [1.165, 1.54) is 0 Å². The molecule has 96 valence electrons. The molecule has 0 spiro atoms. The van der Waals surface area contributed by atoms with Gasteiger partial charge in [-0.1, -0.05) is 0 Å². The Bertz CT molecular complexity index is 326. The van der Waals surface area contributed by atoms with Gasteiger partial charge >= 0.3 is 0 Å². The van der Waals surface area contributed by atoms with Crippen molar-refractivity contribution in [2.75, 3.05) is 13.1 Å². The molecular weight excluding hydrogens is 222 g/mol. The average molecular weight is 240 g/mol. The Morgan fingerprint density at radius 2 is 1.71 bits per heavy atom. The summed E-state index contributed by atoms with van der Waals surface area (Å²) in [5.41, 5.74) is 0. The zero-order chi connectivity index (χ0) is 12.6. The standard InChI is InChI=1S/C12H19NO4/c1-3-13(4-2)11(14)9-7-5-6-8(17-7)10(9)12(15)16/h7-10H,3-6H2,1-2H3,(H,15,16)/p-1/t7-,8+,9-,10+/m1/s1. The monoisotopic (exact) mass is 240 g/mol. The van der Waals surface area contributed by atoms with E-state index in [2.05, 4.69) is 0 Å². The highest BCUT2D eigenvalue weighted by Crippen LogP contribution is 2.43. The Morgan fingerprint density at radius 1 is 1.18 bits per heavy atom. The Morgan fingerprint density at radius 3 is 2.18 bits per heavy atom. The minimum absolute atomic E-state index is 0.101. The number of rotatable bonds is 4. The highest BCUT2D eigenvalue weighted by Gasteiger charge is 2.53. The zero-order valence-corrected chi connectivity index (χ0v) is 10.2. The largest absolute Gasteiger partial charge is 0.550 e. The van der Waals surface area contributed by atoms with Crippen LogP contribution in [0, 0.1) is 11.8 Å². The molecule has 2 bridgehead atoms. The molecule has 2 heterocycles. The maximum Gasteiger partial charge on any atom is 0.229 e. The fourth-order valence-corrected chi connectivity index (χ4v) is 3.04. The van der Waals surface area contributed by atoms with Crippen LogP contribution in [0.1, 0.15) is 26.7 Å². The van der Waals surface area contributed by atoms with Crippen molar-refractivity contribution in [3.8, 4) is 0 Å². The van der Waals surface area contributed by atoms with Crippen molar-refractivity contribution < 1.29 is 19.4 Å². The normalized spacial score (nSPS) is 34.9. The van der Waals surface area contributed by atoms with E-state index in [0.29, 0.717) is 13.1 Å². The van der Waals surface area contributed by atoms with Crippen molar-refractivity contribution in [1.82, 2.24) is 4.90 Å².